The zero-order valence-electron chi connectivity index (χ0n) is 14.0. The van der Waals surface area contributed by atoms with E-state index in [9.17, 15) is 9.59 Å². The minimum atomic E-state index is -0.329. The van der Waals surface area contributed by atoms with Gasteiger partial charge in [-0.3, -0.25) is 14.2 Å². The normalized spacial score (nSPS) is 14.8. The van der Waals surface area contributed by atoms with Crippen LogP contribution in [0.25, 0.3) is 10.2 Å². The lowest BCUT2D eigenvalue weighted by atomic mass is 10.2. The number of amides is 1. The number of carbonyl (C=O) groups is 1. The van der Waals surface area contributed by atoms with E-state index in [1.165, 1.54) is 22.2 Å². The van der Waals surface area contributed by atoms with Gasteiger partial charge in [0.25, 0.3) is 5.56 Å². The van der Waals surface area contributed by atoms with Crippen LogP contribution in [0.4, 0.5) is 0 Å². The first-order valence-corrected chi connectivity index (χ1v) is 9.67. The molecule has 8 heteroatoms. The molecule has 0 unspecified atom stereocenters. The second kappa shape index (κ2) is 7.25. The summed E-state index contributed by atoms with van der Waals surface area (Å²) in [5.74, 6) is -0.0833. The first-order chi connectivity index (χ1) is 11.5. The maximum absolute atomic E-state index is 12.7. The molecule has 1 atom stereocenters. The number of nitrogens with zero attached hydrogens (tertiary/aromatic N) is 2. The van der Waals surface area contributed by atoms with E-state index < -0.39 is 0 Å². The van der Waals surface area contributed by atoms with Crippen molar-refractivity contribution < 1.29 is 9.53 Å². The van der Waals surface area contributed by atoms with E-state index in [1.807, 2.05) is 6.92 Å². The van der Waals surface area contributed by atoms with Crippen molar-refractivity contribution in [2.75, 3.05) is 20.3 Å². The van der Waals surface area contributed by atoms with Crippen molar-refractivity contribution in [2.24, 2.45) is 7.05 Å². The van der Waals surface area contributed by atoms with Gasteiger partial charge in [-0.2, -0.15) is 0 Å². The quantitative estimate of drug-likeness (QED) is 0.478. The predicted octanol–water partition coefficient (Wildman–Crippen LogP) is 1.73. The Hall–Kier alpha value is -1.38. The zero-order valence-corrected chi connectivity index (χ0v) is 15.7. The fourth-order valence-electron chi connectivity index (χ4n) is 2.84. The van der Waals surface area contributed by atoms with Crippen molar-refractivity contribution in [2.45, 2.75) is 36.6 Å². The van der Waals surface area contributed by atoms with Crippen LogP contribution >= 0.6 is 23.1 Å². The highest BCUT2D eigenvalue weighted by Gasteiger charge is 2.24. The van der Waals surface area contributed by atoms with E-state index in [-0.39, 0.29) is 16.7 Å². The molecule has 6 nitrogen and oxygen atoms in total. The van der Waals surface area contributed by atoms with Crippen LogP contribution in [-0.4, -0.2) is 41.0 Å². The van der Waals surface area contributed by atoms with Crippen molar-refractivity contribution >= 4 is 39.2 Å². The molecule has 1 aliphatic carbocycles. The number of aromatic nitrogens is 2. The van der Waals surface area contributed by atoms with Crippen molar-refractivity contribution in [1.29, 1.82) is 0 Å². The van der Waals surface area contributed by atoms with Gasteiger partial charge in [0.1, 0.15) is 4.83 Å². The van der Waals surface area contributed by atoms with Gasteiger partial charge in [-0.25, -0.2) is 4.98 Å². The number of thiophene rings is 1. The van der Waals surface area contributed by atoms with Crippen LogP contribution in [0.1, 0.15) is 23.8 Å². The average molecular weight is 367 g/mol. The molecular weight excluding hydrogens is 346 g/mol. The Bertz CT molecular complexity index is 828. The van der Waals surface area contributed by atoms with Crippen LogP contribution in [0.2, 0.25) is 0 Å². The van der Waals surface area contributed by atoms with Crippen molar-refractivity contribution in [3.63, 3.8) is 0 Å². The topological polar surface area (TPSA) is 73.2 Å². The van der Waals surface area contributed by atoms with Gasteiger partial charge < -0.3 is 10.1 Å². The summed E-state index contributed by atoms with van der Waals surface area (Å²) < 4.78 is 6.49. The summed E-state index contributed by atoms with van der Waals surface area (Å²) in [5, 5.41) is 3.84. The first kappa shape index (κ1) is 17.4. The average Bonchev–Trinajstić information content (AvgIpc) is 3.12. The van der Waals surface area contributed by atoms with Crippen LogP contribution in [0.3, 0.4) is 0 Å². The van der Waals surface area contributed by atoms with E-state index in [2.05, 4.69) is 10.3 Å². The number of thioether (sulfide) groups is 1. The second-order valence-corrected chi connectivity index (χ2v) is 8.23. The summed E-state index contributed by atoms with van der Waals surface area (Å²) in [4.78, 5) is 31.6. The van der Waals surface area contributed by atoms with E-state index in [4.69, 9.17) is 4.74 Å². The van der Waals surface area contributed by atoms with Crippen LogP contribution in [0.5, 0.6) is 0 Å². The number of hydrogen-bond acceptors (Lipinski definition) is 6. The third kappa shape index (κ3) is 3.22. The first-order valence-electron chi connectivity index (χ1n) is 7.97. The molecule has 1 aliphatic rings. The molecule has 0 saturated carbocycles. The van der Waals surface area contributed by atoms with Gasteiger partial charge in [0.05, 0.1) is 17.2 Å². The van der Waals surface area contributed by atoms with Gasteiger partial charge in [-0.05, 0) is 31.7 Å². The predicted molar refractivity (Wildman–Crippen MR) is 97.1 cm³/mol. The number of fused-ring (bicyclic) bond motifs is 3. The van der Waals surface area contributed by atoms with Crippen LogP contribution in [-0.2, 0) is 29.4 Å². The molecule has 1 N–H and O–H groups in total. The summed E-state index contributed by atoms with van der Waals surface area (Å²) in [6.45, 7) is 2.77. The number of rotatable bonds is 6. The molecule has 0 aliphatic heterocycles. The highest BCUT2D eigenvalue weighted by atomic mass is 32.2. The molecule has 0 aromatic carbocycles. The van der Waals surface area contributed by atoms with E-state index >= 15 is 0 Å². The molecule has 0 radical (unpaired) electrons. The molecule has 0 spiro atoms. The molecule has 2 aromatic heterocycles. The lowest BCUT2D eigenvalue weighted by molar-refractivity contribution is -0.120. The number of nitrogens with one attached hydrogen (secondary N) is 1. The maximum Gasteiger partial charge on any atom is 0.262 e. The summed E-state index contributed by atoms with van der Waals surface area (Å²) in [6, 6.07) is 0. The molecule has 2 aromatic rings. The maximum atomic E-state index is 12.7. The zero-order chi connectivity index (χ0) is 17.3. The second-order valence-electron chi connectivity index (χ2n) is 5.84. The highest BCUT2D eigenvalue weighted by Crippen LogP contribution is 2.35. The summed E-state index contributed by atoms with van der Waals surface area (Å²) in [6.07, 6.45) is 3.13. The Morgan fingerprint density at radius 1 is 1.50 bits per heavy atom. The summed E-state index contributed by atoms with van der Waals surface area (Å²) in [5.41, 5.74) is 1.18. The molecule has 3 rings (SSSR count). The highest BCUT2D eigenvalue weighted by molar-refractivity contribution is 8.00. The number of ether oxygens (including phenoxy) is 1. The molecule has 130 valence electrons. The molecule has 0 bridgehead atoms. The van der Waals surface area contributed by atoms with Gasteiger partial charge >= 0.3 is 0 Å². The van der Waals surface area contributed by atoms with Gasteiger partial charge in [0, 0.05) is 25.6 Å². The van der Waals surface area contributed by atoms with Gasteiger partial charge in [-0.15, -0.1) is 11.3 Å². The third-order valence-electron chi connectivity index (χ3n) is 4.16. The van der Waals surface area contributed by atoms with Crippen LogP contribution < -0.4 is 10.9 Å². The molecule has 1 amide bonds. The monoisotopic (exact) mass is 367 g/mol. The van der Waals surface area contributed by atoms with Gasteiger partial charge in [0.2, 0.25) is 5.91 Å². The van der Waals surface area contributed by atoms with Crippen molar-refractivity contribution in [1.82, 2.24) is 14.9 Å². The molecule has 0 saturated heterocycles. The fourth-order valence-corrected chi connectivity index (χ4v) is 5.04. The standard InChI is InChI=1S/C16H21N3O3S2/c1-9(13(20)17-7-8-22-3)23-16-18-14-12(15(21)19(16)2)10-5-4-6-11(10)24-14/h9H,4-8H2,1-3H3,(H,17,20)/t9-/m1/s1. The smallest absolute Gasteiger partial charge is 0.262 e. The van der Waals surface area contributed by atoms with Gasteiger partial charge in [0.15, 0.2) is 5.16 Å². The number of methoxy groups -OCH3 is 1. The van der Waals surface area contributed by atoms with E-state index in [1.54, 1.807) is 30.1 Å². The molecule has 24 heavy (non-hydrogen) atoms. The third-order valence-corrected chi connectivity index (χ3v) is 6.49. The largest absolute Gasteiger partial charge is 0.383 e. The lowest BCUT2D eigenvalue weighted by Gasteiger charge is -2.13. The lowest BCUT2D eigenvalue weighted by Crippen LogP contribution is -2.33. The molecule has 2 heterocycles. The van der Waals surface area contributed by atoms with Crippen molar-refractivity contribution in [3.8, 4) is 0 Å². The van der Waals surface area contributed by atoms with E-state index in [0.29, 0.717) is 18.3 Å². The Morgan fingerprint density at radius 2 is 2.29 bits per heavy atom. The Morgan fingerprint density at radius 3 is 3.04 bits per heavy atom. The minimum absolute atomic E-state index is 0.00566. The van der Waals surface area contributed by atoms with Crippen LogP contribution in [0, 0.1) is 0 Å². The summed E-state index contributed by atoms with van der Waals surface area (Å²) in [7, 11) is 3.32. The number of hydrogen-bond donors (Lipinski definition) is 1. The molecule has 0 fully saturated rings. The Balaban J connectivity index is 1.84. The Labute approximate surface area is 148 Å². The minimum Gasteiger partial charge on any atom is -0.383 e. The van der Waals surface area contributed by atoms with Crippen molar-refractivity contribution in [3.05, 3.63) is 20.8 Å². The fraction of sp³-hybridized carbons (Fsp3) is 0.562. The van der Waals surface area contributed by atoms with Crippen LogP contribution in [0.15, 0.2) is 9.95 Å². The Kier molecular flexibility index (Phi) is 5.27. The van der Waals surface area contributed by atoms with Gasteiger partial charge in [-0.1, -0.05) is 11.8 Å². The molecular formula is C16H21N3O3S2. The van der Waals surface area contributed by atoms with E-state index in [0.717, 1.165) is 29.5 Å². The number of carbonyl (C=O) groups excluding carboxylic acids is 1. The number of aryl methyl sites for hydroxylation is 2. The SMILES string of the molecule is COCCNC(=O)[C@@H](C)Sc1nc2sc3c(c2c(=O)n1C)CCC3. The summed E-state index contributed by atoms with van der Waals surface area (Å²) >= 11 is 2.93.